The molecule has 0 saturated heterocycles. The van der Waals surface area contributed by atoms with E-state index in [0.717, 1.165) is 16.2 Å². The minimum atomic E-state index is 0.0699. The monoisotopic (exact) mass is 292 g/mol. The van der Waals surface area contributed by atoms with Crippen LogP contribution in [0.25, 0.3) is 10.4 Å². The zero-order valence-corrected chi connectivity index (χ0v) is 14.0. The summed E-state index contributed by atoms with van der Waals surface area (Å²) in [4.78, 5) is 12.4. The van der Waals surface area contributed by atoms with E-state index in [4.69, 9.17) is 4.74 Å². The minimum absolute atomic E-state index is 0.0699. The summed E-state index contributed by atoms with van der Waals surface area (Å²) in [6.45, 7) is 9.57. The lowest BCUT2D eigenvalue weighted by Gasteiger charge is -2.08. The van der Waals surface area contributed by atoms with E-state index in [0.29, 0.717) is 5.56 Å². The van der Waals surface area contributed by atoms with Gasteiger partial charge in [-0.2, -0.15) is 0 Å². The van der Waals surface area contributed by atoms with Gasteiger partial charge in [0.05, 0.1) is 7.11 Å². The highest BCUT2D eigenvalue weighted by atomic mass is 32.1. The third-order valence-corrected chi connectivity index (χ3v) is 3.30. The van der Waals surface area contributed by atoms with Crippen LogP contribution in [-0.4, -0.2) is 12.9 Å². The van der Waals surface area contributed by atoms with Gasteiger partial charge in [-0.1, -0.05) is 33.8 Å². The summed E-state index contributed by atoms with van der Waals surface area (Å²) >= 11 is 1.63. The lowest BCUT2D eigenvalue weighted by atomic mass is 10.1. The Kier molecular flexibility index (Phi) is 9.39. The summed E-state index contributed by atoms with van der Waals surface area (Å²) < 4.78 is 5.30. The van der Waals surface area contributed by atoms with Gasteiger partial charge in [-0.15, -0.1) is 11.3 Å². The first-order valence-corrected chi connectivity index (χ1v) is 7.83. The Labute approximate surface area is 126 Å². The van der Waals surface area contributed by atoms with Crippen LogP contribution < -0.4 is 4.74 Å². The molecule has 2 nitrogen and oxygen atoms in total. The number of ketones is 1. The Balaban J connectivity index is 0.000000829. The fourth-order valence-corrected chi connectivity index (χ4v) is 2.30. The standard InChI is InChI=1S/C13H12O2S.2C2H6/c1-9(14)10-5-6-12(15-2)11(8-10)13-4-3-7-16-13;2*1-2/h3-8H,1-2H3;2*1-2H3. The molecule has 0 bridgehead atoms. The SMILES string of the molecule is CC.CC.COc1ccc(C(C)=O)cc1-c1cccs1. The van der Waals surface area contributed by atoms with Gasteiger partial charge < -0.3 is 4.74 Å². The average Bonchev–Trinajstić information content (AvgIpc) is 3.04. The number of Topliss-reactive ketones (excluding diaryl/α,β-unsaturated/α-hetero) is 1. The normalized spacial score (nSPS) is 8.70. The van der Waals surface area contributed by atoms with E-state index in [2.05, 4.69) is 0 Å². The first-order valence-electron chi connectivity index (χ1n) is 6.95. The van der Waals surface area contributed by atoms with E-state index < -0.39 is 0 Å². The maximum absolute atomic E-state index is 11.3. The number of thiophene rings is 1. The molecule has 0 spiro atoms. The van der Waals surface area contributed by atoms with Crippen LogP contribution in [0.5, 0.6) is 5.75 Å². The quantitative estimate of drug-likeness (QED) is 0.680. The Morgan fingerprint density at radius 1 is 1.10 bits per heavy atom. The predicted octanol–water partition coefficient (Wildman–Crippen LogP) is 5.68. The van der Waals surface area contributed by atoms with Crippen molar-refractivity contribution in [2.24, 2.45) is 0 Å². The van der Waals surface area contributed by atoms with Gasteiger partial charge >= 0.3 is 0 Å². The molecule has 3 heteroatoms. The van der Waals surface area contributed by atoms with Crippen LogP contribution in [0.4, 0.5) is 0 Å². The first kappa shape index (κ1) is 18.4. The molecule has 0 atom stereocenters. The van der Waals surface area contributed by atoms with Crippen LogP contribution in [0.1, 0.15) is 45.0 Å². The highest BCUT2D eigenvalue weighted by Gasteiger charge is 2.09. The molecule has 2 aromatic rings. The zero-order valence-electron chi connectivity index (χ0n) is 13.2. The van der Waals surface area contributed by atoms with Crippen LogP contribution in [-0.2, 0) is 0 Å². The van der Waals surface area contributed by atoms with Gasteiger partial charge in [0, 0.05) is 16.0 Å². The molecule has 2 rings (SSSR count). The molecule has 0 aliphatic carbocycles. The number of hydrogen-bond donors (Lipinski definition) is 0. The van der Waals surface area contributed by atoms with Gasteiger partial charge in [-0.3, -0.25) is 4.79 Å². The summed E-state index contributed by atoms with van der Waals surface area (Å²) in [7, 11) is 1.64. The molecule has 0 aliphatic rings. The van der Waals surface area contributed by atoms with E-state index >= 15 is 0 Å². The molecule has 0 aliphatic heterocycles. The summed E-state index contributed by atoms with van der Waals surface area (Å²) in [6.07, 6.45) is 0. The second-order valence-electron chi connectivity index (χ2n) is 3.45. The predicted molar refractivity (Wildman–Crippen MR) is 89.0 cm³/mol. The summed E-state index contributed by atoms with van der Waals surface area (Å²) in [5.41, 5.74) is 1.69. The fourth-order valence-electron chi connectivity index (χ4n) is 1.55. The molecule has 0 saturated carbocycles. The number of ether oxygens (including phenoxy) is 1. The second kappa shape index (κ2) is 10.2. The molecule has 20 heavy (non-hydrogen) atoms. The first-order chi connectivity index (χ1) is 9.72. The van der Waals surface area contributed by atoms with Crippen molar-refractivity contribution in [2.45, 2.75) is 34.6 Å². The highest BCUT2D eigenvalue weighted by Crippen LogP contribution is 2.33. The van der Waals surface area contributed by atoms with Crippen LogP contribution >= 0.6 is 11.3 Å². The minimum Gasteiger partial charge on any atom is -0.496 e. The highest BCUT2D eigenvalue weighted by molar-refractivity contribution is 7.13. The Bertz CT molecular complexity index is 502. The number of methoxy groups -OCH3 is 1. The molecule has 1 heterocycles. The average molecular weight is 292 g/mol. The van der Waals surface area contributed by atoms with Crippen LogP contribution in [0.15, 0.2) is 35.7 Å². The Morgan fingerprint density at radius 3 is 2.20 bits per heavy atom. The van der Waals surface area contributed by atoms with E-state index in [9.17, 15) is 4.79 Å². The van der Waals surface area contributed by atoms with Crippen molar-refractivity contribution in [1.82, 2.24) is 0 Å². The number of carbonyl (C=O) groups excluding carboxylic acids is 1. The van der Waals surface area contributed by atoms with E-state index in [-0.39, 0.29) is 5.78 Å². The van der Waals surface area contributed by atoms with E-state index in [1.54, 1.807) is 31.4 Å². The van der Waals surface area contributed by atoms with E-state index in [1.165, 1.54) is 0 Å². The largest absolute Gasteiger partial charge is 0.496 e. The molecule has 0 radical (unpaired) electrons. The molecular weight excluding hydrogens is 268 g/mol. The van der Waals surface area contributed by atoms with Crippen molar-refractivity contribution >= 4 is 17.1 Å². The zero-order chi connectivity index (χ0) is 15.5. The van der Waals surface area contributed by atoms with Crippen LogP contribution in [0.3, 0.4) is 0 Å². The number of benzene rings is 1. The smallest absolute Gasteiger partial charge is 0.159 e. The van der Waals surface area contributed by atoms with Gasteiger partial charge in [0.15, 0.2) is 5.78 Å². The van der Waals surface area contributed by atoms with Gasteiger partial charge in [0.1, 0.15) is 5.75 Å². The van der Waals surface area contributed by atoms with Crippen molar-refractivity contribution in [2.75, 3.05) is 7.11 Å². The van der Waals surface area contributed by atoms with Gasteiger partial charge in [0.2, 0.25) is 0 Å². The molecule has 0 N–H and O–H groups in total. The van der Waals surface area contributed by atoms with Crippen molar-refractivity contribution in [3.8, 4) is 16.2 Å². The van der Waals surface area contributed by atoms with Gasteiger partial charge in [-0.25, -0.2) is 0 Å². The van der Waals surface area contributed by atoms with Crippen molar-refractivity contribution in [3.63, 3.8) is 0 Å². The van der Waals surface area contributed by atoms with Crippen LogP contribution in [0, 0.1) is 0 Å². The molecule has 110 valence electrons. The number of hydrogen-bond acceptors (Lipinski definition) is 3. The fraction of sp³-hybridized carbons (Fsp3) is 0.353. The topological polar surface area (TPSA) is 26.3 Å². The third kappa shape index (κ3) is 4.82. The second-order valence-corrected chi connectivity index (χ2v) is 4.40. The molecular formula is C17H24O2S. The third-order valence-electron chi connectivity index (χ3n) is 2.39. The summed E-state index contributed by atoms with van der Waals surface area (Å²) in [5, 5.41) is 2.01. The maximum atomic E-state index is 11.3. The van der Waals surface area contributed by atoms with E-state index in [1.807, 2.05) is 57.3 Å². The van der Waals surface area contributed by atoms with Crippen molar-refractivity contribution in [1.29, 1.82) is 0 Å². The molecule has 0 amide bonds. The molecule has 1 aromatic heterocycles. The lowest BCUT2D eigenvalue weighted by Crippen LogP contribution is -1.94. The van der Waals surface area contributed by atoms with Gasteiger partial charge in [0.25, 0.3) is 0 Å². The lowest BCUT2D eigenvalue weighted by molar-refractivity contribution is 0.101. The van der Waals surface area contributed by atoms with Crippen molar-refractivity contribution < 1.29 is 9.53 Å². The molecule has 0 unspecified atom stereocenters. The summed E-state index contributed by atoms with van der Waals surface area (Å²) in [5.74, 6) is 0.868. The van der Waals surface area contributed by atoms with Crippen molar-refractivity contribution in [3.05, 3.63) is 41.3 Å². The number of carbonyl (C=O) groups is 1. The molecule has 0 fully saturated rings. The van der Waals surface area contributed by atoms with Gasteiger partial charge in [-0.05, 0) is 36.6 Å². The van der Waals surface area contributed by atoms with Crippen LogP contribution in [0.2, 0.25) is 0 Å². The Morgan fingerprint density at radius 2 is 1.75 bits per heavy atom. The number of rotatable bonds is 3. The maximum Gasteiger partial charge on any atom is 0.159 e. The Hall–Kier alpha value is -1.61. The summed E-state index contributed by atoms with van der Waals surface area (Å²) in [6, 6.07) is 9.52. The molecule has 1 aromatic carbocycles.